The normalized spacial score (nSPS) is 9.73. The molecule has 0 spiro atoms. The van der Waals surface area contributed by atoms with E-state index in [1.54, 1.807) is 0 Å². The number of aliphatic carboxylic acids is 4. The molecule has 0 fully saturated rings. The van der Waals surface area contributed by atoms with E-state index in [0.29, 0.717) is 0 Å². The van der Waals surface area contributed by atoms with E-state index in [1.807, 2.05) is 0 Å². The summed E-state index contributed by atoms with van der Waals surface area (Å²) in [5.41, 5.74) is 0. The van der Waals surface area contributed by atoms with Crippen LogP contribution in [0.4, 0.5) is 0 Å². The van der Waals surface area contributed by atoms with Crippen molar-refractivity contribution in [1.82, 2.24) is 9.80 Å². The van der Waals surface area contributed by atoms with Crippen molar-refractivity contribution >= 4 is 23.9 Å². The van der Waals surface area contributed by atoms with Gasteiger partial charge in [-0.1, -0.05) is 0 Å². The van der Waals surface area contributed by atoms with Crippen LogP contribution >= 0.6 is 0 Å². The molecule has 118 valence electrons. The average Bonchev–Trinajstić information content (AvgIpc) is 2.22. The molecule has 0 amide bonds. The maximum atomic E-state index is 10.6. The standard InChI is InChI=1S/C10H16N2O8.2Zn/c13-7(14)3-11(4-8(15)16)1-2-12(5-9(17)18)6-10(19)20;;/h1-6H2,(H,13,14)(H,15,16)(H,17,18)(H,19,20);;. The van der Waals surface area contributed by atoms with Gasteiger partial charge in [-0.2, -0.15) is 0 Å². The summed E-state index contributed by atoms with van der Waals surface area (Å²) in [6.45, 7) is -2.25. The molecule has 0 aliphatic carbocycles. The summed E-state index contributed by atoms with van der Waals surface area (Å²) < 4.78 is 0. The predicted molar refractivity (Wildman–Crippen MR) is 63.4 cm³/mol. The van der Waals surface area contributed by atoms with Crippen molar-refractivity contribution in [1.29, 1.82) is 0 Å². The van der Waals surface area contributed by atoms with Crippen molar-refractivity contribution < 1.29 is 78.6 Å². The molecule has 4 N–H and O–H groups in total. The molecule has 0 aromatic rings. The molecule has 0 aliphatic rings. The van der Waals surface area contributed by atoms with Crippen LogP contribution in [0.5, 0.6) is 0 Å². The molecular formula is C10H16N2O8Zn2. The number of hydrogen-bond acceptors (Lipinski definition) is 6. The maximum absolute atomic E-state index is 10.6. The minimum atomic E-state index is -1.23. The van der Waals surface area contributed by atoms with Gasteiger partial charge in [-0.15, -0.1) is 0 Å². The van der Waals surface area contributed by atoms with Gasteiger partial charge in [-0.05, 0) is 0 Å². The first kappa shape index (κ1) is 26.0. The third kappa shape index (κ3) is 15.4. The minimum absolute atomic E-state index is 0. The number of rotatable bonds is 11. The molecule has 0 rings (SSSR count). The Morgan fingerprint density at radius 1 is 0.545 bits per heavy atom. The zero-order valence-electron chi connectivity index (χ0n) is 12.0. The van der Waals surface area contributed by atoms with Gasteiger partial charge in [0.25, 0.3) is 0 Å². The van der Waals surface area contributed by atoms with E-state index in [-0.39, 0.29) is 52.0 Å². The zero-order chi connectivity index (χ0) is 15.7. The Balaban J connectivity index is -0.00000180. The summed E-state index contributed by atoms with van der Waals surface area (Å²) in [5, 5.41) is 34.5. The Hall–Kier alpha value is -0.953. The fourth-order valence-corrected chi connectivity index (χ4v) is 1.48. The van der Waals surface area contributed by atoms with Crippen molar-refractivity contribution in [2.75, 3.05) is 39.3 Å². The van der Waals surface area contributed by atoms with Gasteiger partial charge in [0.2, 0.25) is 0 Å². The summed E-state index contributed by atoms with van der Waals surface area (Å²) in [6.07, 6.45) is 0. The van der Waals surface area contributed by atoms with Crippen LogP contribution in [0.25, 0.3) is 0 Å². The van der Waals surface area contributed by atoms with Crippen LogP contribution in [0.2, 0.25) is 0 Å². The average molecular weight is 423 g/mol. The summed E-state index contributed by atoms with van der Waals surface area (Å²) in [4.78, 5) is 44.4. The molecule has 12 heteroatoms. The first-order chi connectivity index (χ1) is 9.20. The van der Waals surface area contributed by atoms with E-state index in [0.717, 1.165) is 9.80 Å². The van der Waals surface area contributed by atoms with Gasteiger partial charge >= 0.3 is 23.9 Å². The molecule has 0 bridgehead atoms. The molecule has 22 heavy (non-hydrogen) atoms. The molecule has 0 atom stereocenters. The second-order valence-electron chi connectivity index (χ2n) is 4.00. The summed E-state index contributed by atoms with van der Waals surface area (Å²) in [7, 11) is 0. The van der Waals surface area contributed by atoms with Crippen LogP contribution < -0.4 is 0 Å². The number of nitrogens with zero attached hydrogens (tertiary/aromatic N) is 2. The molecule has 0 saturated carbocycles. The third-order valence-electron chi connectivity index (χ3n) is 2.17. The van der Waals surface area contributed by atoms with Gasteiger partial charge in [0.1, 0.15) is 0 Å². The molecule has 0 radical (unpaired) electrons. The quantitative estimate of drug-likeness (QED) is 0.272. The molecule has 0 saturated heterocycles. The Bertz CT molecular complexity index is 325. The monoisotopic (exact) mass is 420 g/mol. The predicted octanol–water partition coefficient (Wildman–Crippen LogP) is -2.08. The van der Waals surface area contributed by atoms with Crippen LogP contribution in [0.1, 0.15) is 0 Å². The Labute approximate surface area is 151 Å². The summed E-state index contributed by atoms with van der Waals surface area (Å²) in [6, 6.07) is 0. The minimum Gasteiger partial charge on any atom is -0.480 e. The van der Waals surface area contributed by atoms with Crippen molar-refractivity contribution in [2.45, 2.75) is 0 Å². The Morgan fingerprint density at radius 3 is 0.864 bits per heavy atom. The second-order valence-corrected chi connectivity index (χ2v) is 4.00. The molecular weight excluding hydrogens is 407 g/mol. The largest absolute Gasteiger partial charge is 0.480 e. The van der Waals surface area contributed by atoms with Crippen molar-refractivity contribution in [2.24, 2.45) is 0 Å². The zero-order valence-corrected chi connectivity index (χ0v) is 17.9. The van der Waals surface area contributed by atoms with Crippen LogP contribution in [-0.2, 0) is 58.1 Å². The van der Waals surface area contributed by atoms with Gasteiger partial charge in [0.15, 0.2) is 0 Å². The molecule has 0 aromatic heterocycles. The van der Waals surface area contributed by atoms with Crippen molar-refractivity contribution in [3.05, 3.63) is 0 Å². The molecule has 0 unspecified atom stereocenters. The summed E-state index contributed by atoms with van der Waals surface area (Å²) >= 11 is 0. The van der Waals surface area contributed by atoms with E-state index >= 15 is 0 Å². The van der Waals surface area contributed by atoms with E-state index in [4.69, 9.17) is 20.4 Å². The van der Waals surface area contributed by atoms with E-state index in [9.17, 15) is 19.2 Å². The SMILES string of the molecule is O=C(O)CN(CCN(CC(=O)O)CC(=O)O)CC(=O)O.[Zn].[Zn]. The van der Waals surface area contributed by atoms with Gasteiger partial charge in [-0.3, -0.25) is 29.0 Å². The Kier molecular flexibility index (Phi) is 16.2. The van der Waals surface area contributed by atoms with Crippen molar-refractivity contribution in [3.8, 4) is 0 Å². The summed E-state index contributed by atoms with van der Waals surface area (Å²) in [5.74, 6) is -4.91. The fourth-order valence-electron chi connectivity index (χ4n) is 1.48. The number of hydrogen-bond donors (Lipinski definition) is 4. The van der Waals surface area contributed by atoms with Crippen LogP contribution in [0, 0.1) is 0 Å². The number of carboxylic acids is 4. The third-order valence-corrected chi connectivity index (χ3v) is 2.17. The van der Waals surface area contributed by atoms with Crippen molar-refractivity contribution in [3.63, 3.8) is 0 Å². The van der Waals surface area contributed by atoms with E-state index in [2.05, 4.69) is 0 Å². The van der Waals surface area contributed by atoms with Gasteiger partial charge in [0.05, 0.1) is 26.2 Å². The first-order valence-corrected chi connectivity index (χ1v) is 5.52. The second kappa shape index (κ2) is 13.7. The molecule has 0 aliphatic heterocycles. The van der Waals surface area contributed by atoms with Crippen LogP contribution in [0.15, 0.2) is 0 Å². The molecule has 10 nitrogen and oxygen atoms in total. The van der Waals surface area contributed by atoms with E-state index in [1.165, 1.54) is 0 Å². The maximum Gasteiger partial charge on any atom is 0.317 e. The number of carboxylic acid groups (broad SMARTS) is 4. The molecule has 0 heterocycles. The van der Waals surface area contributed by atoms with Gasteiger partial charge < -0.3 is 20.4 Å². The fraction of sp³-hybridized carbons (Fsp3) is 0.600. The smallest absolute Gasteiger partial charge is 0.317 e. The molecule has 0 aromatic carbocycles. The van der Waals surface area contributed by atoms with Crippen LogP contribution in [0.3, 0.4) is 0 Å². The van der Waals surface area contributed by atoms with Gasteiger partial charge in [-0.25, -0.2) is 0 Å². The van der Waals surface area contributed by atoms with Gasteiger partial charge in [0, 0.05) is 52.0 Å². The first-order valence-electron chi connectivity index (χ1n) is 5.52. The number of carbonyl (C=O) groups is 4. The Morgan fingerprint density at radius 2 is 0.727 bits per heavy atom. The van der Waals surface area contributed by atoms with E-state index < -0.39 is 50.1 Å². The van der Waals surface area contributed by atoms with Crippen LogP contribution in [-0.4, -0.2) is 93.4 Å². The topological polar surface area (TPSA) is 156 Å².